The van der Waals surface area contributed by atoms with Gasteiger partial charge in [0, 0.05) is 12.6 Å². The second-order valence-corrected chi connectivity index (χ2v) is 5.05. The zero-order valence-electron chi connectivity index (χ0n) is 11.5. The van der Waals surface area contributed by atoms with Gasteiger partial charge in [-0.05, 0) is 43.4 Å². The Morgan fingerprint density at radius 2 is 2.24 bits per heavy atom. The molecule has 0 radical (unpaired) electrons. The highest BCUT2D eigenvalue weighted by atomic mass is 19.4. The molecule has 0 saturated carbocycles. The van der Waals surface area contributed by atoms with Crippen LogP contribution in [0.4, 0.5) is 13.2 Å². The van der Waals surface area contributed by atoms with Crippen LogP contribution in [0, 0.1) is 0 Å². The standard InChI is InChI=1S/C14H19F3N2O2/c15-14(16,17)21-12-4-1-3-10(9-12)13(19-18)7-6-11-5-2-8-20-11/h1,3-4,9,11,13,19H,2,5-8,18H2. The van der Waals surface area contributed by atoms with E-state index < -0.39 is 6.36 Å². The fraction of sp³-hybridized carbons (Fsp3) is 0.571. The average molecular weight is 304 g/mol. The number of hydrogen-bond donors (Lipinski definition) is 2. The molecule has 1 saturated heterocycles. The first kappa shape index (κ1) is 16.1. The van der Waals surface area contributed by atoms with Crippen LogP contribution in [0.1, 0.15) is 37.3 Å². The van der Waals surface area contributed by atoms with Crippen LogP contribution >= 0.6 is 0 Å². The minimum Gasteiger partial charge on any atom is -0.406 e. The highest BCUT2D eigenvalue weighted by molar-refractivity contribution is 5.30. The highest BCUT2D eigenvalue weighted by Gasteiger charge is 2.31. The topological polar surface area (TPSA) is 56.5 Å². The summed E-state index contributed by atoms with van der Waals surface area (Å²) in [7, 11) is 0. The Bertz CT molecular complexity index is 448. The zero-order chi connectivity index (χ0) is 15.3. The van der Waals surface area contributed by atoms with Crippen molar-refractivity contribution in [2.75, 3.05) is 6.61 Å². The van der Waals surface area contributed by atoms with E-state index in [0.717, 1.165) is 25.9 Å². The molecule has 21 heavy (non-hydrogen) atoms. The normalized spacial score (nSPS) is 20.5. The van der Waals surface area contributed by atoms with Crippen LogP contribution in [0.25, 0.3) is 0 Å². The number of nitrogens with one attached hydrogen (secondary N) is 1. The molecule has 0 spiro atoms. The number of rotatable bonds is 6. The van der Waals surface area contributed by atoms with Crippen LogP contribution in [0.15, 0.2) is 24.3 Å². The van der Waals surface area contributed by atoms with Crippen molar-refractivity contribution in [3.8, 4) is 5.75 Å². The fourth-order valence-corrected chi connectivity index (χ4v) is 2.50. The quantitative estimate of drug-likeness (QED) is 0.626. The van der Waals surface area contributed by atoms with Crippen LogP contribution < -0.4 is 16.0 Å². The van der Waals surface area contributed by atoms with Crippen molar-refractivity contribution in [1.29, 1.82) is 0 Å². The molecule has 0 amide bonds. The lowest BCUT2D eigenvalue weighted by Gasteiger charge is -2.19. The van der Waals surface area contributed by atoms with E-state index in [1.165, 1.54) is 18.2 Å². The van der Waals surface area contributed by atoms with Gasteiger partial charge in [0.2, 0.25) is 0 Å². The number of halogens is 3. The van der Waals surface area contributed by atoms with Gasteiger partial charge in [0.05, 0.1) is 6.10 Å². The van der Waals surface area contributed by atoms with E-state index in [4.69, 9.17) is 10.6 Å². The Morgan fingerprint density at radius 1 is 1.43 bits per heavy atom. The number of benzene rings is 1. The molecule has 3 N–H and O–H groups in total. The van der Waals surface area contributed by atoms with E-state index in [1.807, 2.05) is 0 Å². The van der Waals surface area contributed by atoms with Gasteiger partial charge in [0.15, 0.2) is 0 Å². The maximum Gasteiger partial charge on any atom is 0.573 e. The van der Waals surface area contributed by atoms with Crippen molar-refractivity contribution in [2.24, 2.45) is 5.84 Å². The van der Waals surface area contributed by atoms with E-state index in [1.54, 1.807) is 6.07 Å². The van der Waals surface area contributed by atoms with Crippen molar-refractivity contribution in [3.63, 3.8) is 0 Å². The lowest BCUT2D eigenvalue weighted by Crippen LogP contribution is -2.29. The summed E-state index contributed by atoms with van der Waals surface area (Å²) in [5.41, 5.74) is 3.30. The molecule has 2 atom stereocenters. The molecular weight excluding hydrogens is 285 g/mol. The second-order valence-electron chi connectivity index (χ2n) is 5.05. The Kier molecular flexibility index (Phi) is 5.44. The monoisotopic (exact) mass is 304 g/mol. The molecule has 7 heteroatoms. The van der Waals surface area contributed by atoms with Crippen molar-refractivity contribution < 1.29 is 22.6 Å². The summed E-state index contributed by atoms with van der Waals surface area (Å²) >= 11 is 0. The van der Waals surface area contributed by atoms with Gasteiger partial charge in [-0.3, -0.25) is 11.3 Å². The Hall–Kier alpha value is -1.31. The van der Waals surface area contributed by atoms with Crippen LogP contribution in [-0.2, 0) is 4.74 Å². The summed E-state index contributed by atoms with van der Waals surface area (Å²) < 4.78 is 46.1. The van der Waals surface area contributed by atoms with Crippen molar-refractivity contribution >= 4 is 0 Å². The molecule has 2 rings (SSSR count). The zero-order valence-corrected chi connectivity index (χ0v) is 11.5. The van der Waals surface area contributed by atoms with Crippen molar-refractivity contribution in [1.82, 2.24) is 5.43 Å². The number of hydrogen-bond acceptors (Lipinski definition) is 4. The lowest BCUT2D eigenvalue weighted by molar-refractivity contribution is -0.274. The Labute approximate surface area is 121 Å². The first-order valence-corrected chi connectivity index (χ1v) is 6.91. The number of nitrogens with two attached hydrogens (primary N) is 1. The molecule has 0 bridgehead atoms. The van der Waals surface area contributed by atoms with Gasteiger partial charge >= 0.3 is 6.36 Å². The summed E-state index contributed by atoms with van der Waals surface area (Å²) in [6.07, 6.45) is -0.887. The van der Waals surface area contributed by atoms with Crippen molar-refractivity contribution in [3.05, 3.63) is 29.8 Å². The van der Waals surface area contributed by atoms with Gasteiger partial charge in [0.1, 0.15) is 5.75 Å². The molecule has 2 unspecified atom stereocenters. The van der Waals surface area contributed by atoms with Gasteiger partial charge < -0.3 is 9.47 Å². The van der Waals surface area contributed by atoms with Crippen molar-refractivity contribution in [2.45, 2.75) is 44.2 Å². The third-order valence-electron chi connectivity index (χ3n) is 3.50. The molecule has 118 valence electrons. The van der Waals surface area contributed by atoms with Gasteiger partial charge in [-0.15, -0.1) is 13.2 Å². The minimum atomic E-state index is -4.69. The van der Waals surface area contributed by atoms with Gasteiger partial charge in [-0.2, -0.15) is 0 Å². The third kappa shape index (κ3) is 5.18. The molecule has 1 heterocycles. The predicted octanol–water partition coefficient (Wildman–Crippen LogP) is 3.05. The minimum absolute atomic E-state index is 0.218. The Balaban J connectivity index is 1.98. The van der Waals surface area contributed by atoms with Crippen LogP contribution in [0.5, 0.6) is 5.75 Å². The van der Waals surface area contributed by atoms with E-state index in [0.29, 0.717) is 12.0 Å². The van der Waals surface area contributed by atoms with Gasteiger partial charge in [-0.25, -0.2) is 0 Å². The van der Waals surface area contributed by atoms with E-state index in [2.05, 4.69) is 10.2 Å². The first-order valence-electron chi connectivity index (χ1n) is 6.91. The largest absolute Gasteiger partial charge is 0.573 e. The first-order chi connectivity index (χ1) is 9.98. The Morgan fingerprint density at radius 3 is 2.86 bits per heavy atom. The fourth-order valence-electron chi connectivity index (χ4n) is 2.50. The molecule has 0 aromatic heterocycles. The lowest BCUT2D eigenvalue weighted by atomic mass is 9.99. The van der Waals surface area contributed by atoms with Gasteiger partial charge in [0.25, 0.3) is 0 Å². The summed E-state index contributed by atoms with van der Waals surface area (Å²) in [6, 6.07) is 5.64. The number of hydrazine groups is 1. The van der Waals surface area contributed by atoms with Crippen LogP contribution in [0.2, 0.25) is 0 Å². The molecule has 1 aliphatic heterocycles. The predicted molar refractivity (Wildman–Crippen MR) is 71.4 cm³/mol. The van der Waals surface area contributed by atoms with E-state index >= 15 is 0 Å². The maximum absolute atomic E-state index is 12.2. The summed E-state index contributed by atoms with van der Waals surface area (Å²) in [6.45, 7) is 0.778. The van der Waals surface area contributed by atoms with E-state index in [9.17, 15) is 13.2 Å². The summed E-state index contributed by atoms with van der Waals surface area (Å²) in [5.74, 6) is 5.27. The average Bonchev–Trinajstić information content (AvgIpc) is 2.91. The highest BCUT2D eigenvalue weighted by Crippen LogP contribution is 2.28. The SMILES string of the molecule is NNC(CCC1CCCO1)c1cccc(OC(F)(F)F)c1. The summed E-state index contributed by atoms with van der Waals surface area (Å²) in [5, 5.41) is 0. The molecule has 1 aromatic rings. The molecule has 4 nitrogen and oxygen atoms in total. The molecule has 1 aromatic carbocycles. The van der Waals surface area contributed by atoms with Gasteiger partial charge in [-0.1, -0.05) is 12.1 Å². The second kappa shape index (κ2) is 7.11. The van der Waals surface area contributed by atoms with Crippen LogP contribution in [-0.4, -0.2) is 19.1 Å². The molecular formula is C14H19F3N2O2. The number of ether oxygens (including phenoxy) is 2. The third-order valence-corrected chi connectivity index (χ3v) is 3.50. The molecule has 0 aliphatic carbocycles. The van der Waals surface area contributed by atoms with Crippen LogP contribution in [0.3, 0.4) is 0 Å². The summed E-state index contributed by atoms with van der Waals surface area (Å²) in [4.78, 5) is 0. The molecule has 1 aliphatic rings. The maximum atomic E-state index is 12.2. The smallest absolute Gasteiger partial charge is 0.406 e. The van der Waals surface area contributed by atoms with E-state index in [-0.39, 0.29) is 17.9 Å². The number of alkyl halides is 3. The molecule has 1 fully saturated rings.